The molecule has 3 rings (SSSR count). The highest BCUT2D eigenvalue weighted by molar-refractivity contribution is 7.92. The maximum Gasteiger partial charge on any atom is 0.264 e. The van der Waals surface area contributed by atoms with Crippen LogP contribution < -0.4 is 19.1 Å². The number of benzene rings is 3. The molecule has 0 saturated carbocycles. The van der Waals surface area contributed by atoms with E-state index < -0.39 is 46.1 Å². The predicted octanol–water partition coefficient (Wildman–Crippen LogP) is 4.37. The molecule has 0 fully saturated rings. The first kappa shape index (κ1) is 32.3. The van der Waals surface area contributed by atoms with Gasteiger partial charge in [-0.15, -0.1) is 0 Å². The van der Waals surface area contributed by atoms with Crippen LogP contribution in [0, 0.1) is 17.6 Å². The first-order valence-corrected chi connectivity index (χ1v) is 14.6. The first-order chi connectivity index (χ1) is 19.9. The SMILES string of the molecule is COc1ccc(S(=O)(=O)N(CC(=O)N(Cc2ccc(F)cc2)[C@H](C)C(=O)NCC(C)C)c2ccc(F)cc2)cc1OC. The molecule has 0 radical (unpaired) electrons. The standard InChI is InChI=1S/C30H35F2N3O6S/c1-20(2)17-33-30(37)21(3)34(18-22-6-8-23(31)9-7-22)29(36)19-35(25-12-10-24(32)11-13-25)42(38,39)26-14-15-27(40-4)28(16-26)41-5/h6-16,20-21H,17-19H2,1-5H3,(H,33,37)/t21-/m1/s1. The van der Waals surface area contributed by atoms with E-state index in [1.165, 1.54) is 80.6 Å². The summed E-state index contributed by atoms with van der Waals surface area (Å²) in [5.74, 6) is -1.60. The molecule has 0 saturated heterocycles. The number of hydrogen-bond donors (Lipinski definition) is 1. The van der Waals surface area contributed by atoms with E-state index in [4.69, 9.17) is 9.47 Å². The van der Waals surface area contributed by atoms with Gasteiger partial charge in [-0.05, 0) is 66.9 Å². The fraction of sp³-hybridized carbons (Fsp3) is 0.333. The second-order valence-corrected chi connectivity index (χ2v) is 11.8. The molecule has 42 heavy (non-hydrogen) atoms. The molecule has 9 nitrogen and oxygen atoms in total. The van der Waals surface area contributed by atoms with E-state index >= 15 is 0 Å². The minimum absolute atomic E-state index is 0.0261. The van der Waals surface area contributed by atoms with Crippen molar-refractivity contribution in [3.8, 4) is 11.5 Å². The van der Waals surface area contributed by atoms with Gasteiger partial charge in [-0.25, -0.2) is 17.2 Å². The minimum Gasteiger partial charge on any atom is -0.493 e. The van der Waals surface area contributed by atoms with Crippen molar-refractivity contribution >= 4 is 27.5 Å². The molecule has 0 aliphatic heterocycles. The van der Waals surface area contributed by atoms with Crippen molar-refractivity contribution in [1.82, 2.24) is 10.2 Å². The van der Waals surface area contributed by atoms with Crippen molar-refractivity contribution in [1.29, 1.82) is 0 Å². The number of nitrogens with zero attached hydrogens (tertiary/aromatic N) is 2. The Bertz CT molecular complexity index is 1480. The number of hydrogen-bond acceptors (Lipinski definition) is 6. The average Bonchev–Trinajstić information content (AvgIpc) is 2.97. The Morgan fingerprint density at radius 2 is 1.43 bits per heavy atom. The van der Waals surface area contributed by atoms with Crippen molar-refractivity contribution in [3.05, 3.63) is 83.9 Å². The summed E-state index contributed by atoms with van der Waals surface area (Å²) in [6, 6.07) is 13.0. The van der Waals surface area contributed by atoms with E-state index in [0.29, 0.717) is 17.9 Å². The Balaban J connectivity index is 2.04. The highest BCUT2D eigenvalue weighted by Crippen LogP contribution is 2.32. The Hall–Kier alpha value is -4.19. The zero-order valence-electron chi connectivity index (χ0n) is 24.1. The average molecular weight is 604 g/mol. The summed E-state index contributed by atoms with van der Waals surface area (Å²) < 4.78 is 66.6. The van der Waals surface area contributed by atoms with Crippen molar-refractivity contribution in [3.63, 3.8) is 0 Å². The summed E-state index contributed by atoms with van der Waals surface area (Å²) in [5, 5.41) is 2.79. The molecule has 0 heterocycles. The number of amides is 2. The lowest BCUT2D eigenvalue weighted by Gasteiger charge is -2.32. The summed E-state index contributed by atoms with van der Waals surface area (Å²) in [6.07, 6.45) is 0. The predicted molar refractivity (Wildman–Crippen MR) is 155 cm³/mol. The molecule has 0 bridgehead atoms. The third kappa shape index (κ3) is 7.96. The highest BCUT2D eigenvalue weighted by Gasteiger charge is 2.33. The summed E-state index contributed by atoms with van der Waals surface area (Å²) >= 11 is 0. The lowest BCUT2D eigenvalue weighted by molar-refractivity contribution is -0.139. The summed E-state index contributed by atoms with van der Waals surface area (Å²) in [6.45, 7) is 4.94. The van der Waals surface area contributed by atoms with Gasteiger partial charge in [0.25, 0.3) is 10.0 Å². The minimum atomic E-state index is -4.42. The number of carbonyl (C=O) groups excluding carboxylic acids is 2. The maximum atomic E-state index is 14.0. The van der Waals surface area contributed by atoms with Gasteiger partial charge in [0.15, 0.2) is 11.5 Å². The van der Waals surface area contributed by atoms with E-state index in [0.717, 1.165) is 16.4 Å². The molecular formula is C30H35F2N3O6S. The lowest BCUT2D eigenvalue weighted by Crippen LogP contribution is -2.51. The Labute approximate surface area is 245 Å². The second kappa shape index (κ2) is 14.1. The molecule has 1 N–H and O–H groups in total. The van der Waals surface area contributed by atoms with Gasteiger partial charge in [0.1, 0.15) is 24.2 Å². The van der Waals surface area contributed by atoms with Crippen LogP contribution in [-0.4, -0.2) is 58.5 Å². The molecular weight excluding hydrogens is 568 g/mol. The van der Waals surface area contributed by atoms with Crippen LogP contribution in [0.1, 0.15) is 26.3 Å². The normalized spacial score (nSPS) is 12.0. The van der Waals surface area contributed by atoms with E-state index in [2.05, 4.69) is 5.32 Å². The molecule has 3 aromatic rings. The molecule has 1 atom stereocenters. The topological polar surface area (TPSA) is 105 Å². The molecule has 226 valence electrons. The third-order valence-corrected chi connectivity index (χ3v) is 8.22. The second-order valence-electron chi connectivity index (χ2n) is 9.97. The number of methoxy groups -OCH3 is 2. The van der Waals surface area contributed by atoms with Crippen LogP contribution in [0.15, 0.2) is 71.6 Å². The third-order valence-electron chi connectivity index (χ3n) is 6.45. The van der Waals surface area contributed by atoms with Crippen LogP contribution in [0.5, 0.6) is 11.5 Å². The van der Waals surface area contributed by atoms with Crippen LogP contribution in [0.25, 0.3) is 0 Å². The molecule has 12 heteroatoms. The van der Waals surface area contributed by atoms with Gasteiger partial charge in [0, 0.05) is 19.2 Å². The van der Waals surface area contributed by atoms with Gasteiger partial charge in [-0.3, -0.25) is 13.9 Å². The maximum absolute atomic E-state index is 14.0. The van der Waals surface area contributed by atoms with E-state index in [1.807, 2.05) is 13.8 Å². The number of rotatable bonds is 13. The van der Waals surface area contributed by atoms with Crippen molar-refractivity contribution in [2.75, 3.05) is 31.6 Å². The molecule has 0 unspecified atom stereocenters. The van der Waals surface area contributed by atoms with E-state index in [1.54, 1.807) is 0 Å². The monoisotopic (exact) mass is 603 g/mol. The first-order valence-electron chi connectivity index (χ1n) is 13.2. The van der Waals surface area contributed by atoms with Crippen LogP contribution >= 0.6 is 0 Å². The van der Waals surface area contributed by atoms with Gasteiger partial charge < -0.3 is 19.7 Å². The number of sulfonamides is 1. The van der Waals surface area contributed by atoms with Crippen LogP contribution in [-0.2, 0) is 26.2 Å². The molecule has 3 aromatic carbocycles. The molecule has 0 aliphatic rings. The molecule has 0 spiro atoms. The van der Waals surface area contributed by atoms with Crippen LogP contribution in [0.3, 0.4) is 0 Å². The lowest BCUT2D eigenvalue weighted by atomic mass is 10.1. The molecule has 0 aromatic heterocycles. The van der Waals surface area contributed by atoms with Gasteiger partial charge in [-0.2, -0.15) is 0 Å². The number of carbonyl (C=O) groups is 2. The zero-order valence-corrected chi connectivity index (χ0v) is 25.0. The van der Waals surface area contributed by atoms with Crippen LogP contribution in [0.2, 0.25) is 0 Å². The Morgan fingerprint density at radius 1 is 0.857 bits per heavy atom. The van der Waals surface area contributed by atoms with Crippen molar-refractivity contribution in [2.45, 2.75) is 38.3 Å². The Kier molecular flexibility index (Phi) is 10.9. The van der Waals surface area contributed by atoms with Crippen LogP contribution in [0.4, 0.5) is 14.5 Å². The fourth-order valence-corrected chi connectivity index (χ4v) is 5.49. The number of halogens is 2. The number of ether oxygens (including phenoxy) is 2. The number of anilines is 1. The van der Waals surface area contributed by atoms with Gasteiger partial charge in [-0.1, -0.05) is 26.0 Å². The van der Waals surface area contributed by atoms with Gasteiger partial charge in [0.05, 0.1) is 24.8 Å². The van der Waals surface area contributed by atoms with Gasteiger partial charge >= 0.3 is 0 Å². The summed E-state index contributed by atoms with van der Waals surface area (Å²) in [7, 11) is -1.66. The largest absolute Gasteiger partial charge is 0.493 e. The molecule has 0 aliphatic carbocycles. The van der Waals surface area contributed by atoms with Crippen molar-refractivity contribution in [2.24, 2.45) is 5.92 Å². The number of nitrogens with one attached hydrogen (secondary N) is 1. The fourth-order valence-electron chi connectivity index (χ4n) is 4.06. The van der Waals surface area contributed by atoms with E-state index in [-0.39, 0.29) is 28.8 Å². The molecule has 2 amide bonds. The Morgan fingerprint density at radius 3 is 1.98 bits per heavy atom. The smallest absolute Gasteiger partial charge is 0.264 e. The highest BCUT2D eigenvalue weighted by atomic mass is 32.2. The zero-order chi connectivity index (χ0) is 31.0. The van der Waals surface area contributed by atoms with E-state index in [9.17, 15) is 26.8 Å². The quantitative estimate of drug-likeness (QED) is 0.311. The van der Waals surface area contributed by atoms with Crippen molar-refractivity contribution < 1.29 is 36.3 Å². The summed E-state index contributed by atoms with van der Waals surface area (Å²) in [4.78, 5) is 27.9. The summed E-state index contributed by atoms with van der Waals surface area (Å²) in [5.41, 5.74) is 0.558. The van der Waals surface area contributed by atoms with Gasteiger partial charge in [0.2, 0.25) is 11.8 Å².